The van der Waals surface area contributed by atoms with E-state index >= 15 is 0 Å². The van der Waals surface area contributed by atoms with Crippen molar-refractivity contribution in [3.63, 3.8) is 0 Å². The number of carbonyl (C=O) groups excluding carboxylic acids is 1. The summed E-state index contributed by atoms with van der Waals surface area (Å²) in [6.45, 7) is 0.692. The summed E-state index contributed by atoms with van der Waals surface area (Å²) < 4.78 is 41.3. The summed E-state index contributed by atoms with van der Waals surface area (Å²) in [5.41, 5.74) is 2.77. The van der Waals surface area contributed by atoms with Crippen LogP contribution in [0.3, 0.4) is 0 Å². The fourth-order valence-corrected chi connectivity index (χ4v) is 5.41. The van der Waals surface area contributed by atoms with E-state index in [0.717, 1.165) is 24.0 Å². The molecule has 1 amide bonds. The van der Waals surface area contributed by atoms with Gasteiger partial charge in [0.05, 0.1) is 10.6 Å². The molecule has 0 aromatic heterocycles. The van der Waals surface area contributed by atoms with Crippen molar-refractivity contribution < 1.29 is 17.6 Å². The predicted molar refractivity (Wildman–Crippen MR) is 118 cm³/mol. The summed E-state index contributed by atoms with van der Waals surface area (Å²) >= 11 is 0. The first-order chi connectivity index (χ1) is 14.9. The lowest BCUT2D eigenvalue weighted by Gasteiger charge is -2.30. The Kier molecular flexibility index (Phi) is 5.78. The van der Waals surface area contributed by atoms with Gasteiger partial charge in [-0.2, -0.15) is 0 Å². The fourth-order valence-electron chi connectivity index (χ4n) is 3.82. The van der Waals surface area contributed by atoms with Gasteiger partial charge in [-0.3, -0.25) is 9.10 Å². The SMILES string of the molecule is CN(Cc1ccc(F)cc1)C(=O)c1cccc(S(=O)(=O)N2CCCc3ccccc32)c1. The number of nitrogens with zero attached hydrogens (tertiary/aromatic N) is 2. The number of amides is 1. The van der Waals surface area contributed by atoms with Crippen LogP contribution in [0.5, 0.6) is 0 Å². The number of halogens is 1. The van der Waals surface area contributed by atoms with Crippen molar-refractivity contribution in [3.05, 3.63) is 95.3 Å². The Hall–Kier alpha value is -3.19. The highest BCUT2D eigenvalue weighted by molar-refractivity contribution is 7.92. The number of aryl methyl sites for hydroxylation is 1. The molecule has 0 radical (unpaired) electrons. The largest absolute Gasteiger partial charge is 0.337 e. The van der Waals surface area contributed by atoms with Crippen LogP contribution in [0.15, 0.2) is 77.7 Å². The zero-order chi connectivity index (χ0) is 22.0. The molecule has 7 heteroatoms. The summed E-state index contributed by atoms with van der Waals surface area (Å²) in [5, 5.41) is 0. The van der Waals surface area contributed by atoms with Gasteiger partial charge < -0.3 is 4.90 Å². The molecule has 1 heterocycles. The Morgan fingerprint density at radius 3 is 2.55 bits per heavy atom. The van der Waals surface area contributed by atoms with Crippen LogP contribution in [0, 0.1) is 5.82 Å². The molecule has 31 heavy (non-hydrogen) atoms. The van der Waals surface area contributed by atoms with Gasteiger partial charge in [0, 0.05) is 25.7 Å². The summed E-state index contributed by atoms with van der Waals surface area (Å²) in [6.07, 6.45) is 1.59. The summed E-state index contributed by atoms with van der Waals surface area (Å²) in [4.78, 5) is 14.5. The van der Waals surface area contributed by atoms with E-state index in [9.17, 15) is 17.6 Å². The van der Waals surface area contributed by atoms with Gasteiger partial charge in [-0.15, -0.1) is 0 Å². The van der Waals surface area contributed by atoms with E-state index in [-0.39, 0.29) is 28.7 Å². The quantitative estimate of drug-likeness (QED) is 0.599. The number of carbonyl (C=O) groups is 1. The van der Waals surface area contributed by atoms with Gasteiger partial charge in [0.2, 0.25) is 0 Å². The van der Waals surface area contributed by atoms with Crippen molar-refractivity contribution in [2.24, 2.45) is 0 Å². The third kappa shape index (κ3) is 4.32. The Bertz CT molecular complexity index is 1210. The van der Waals surface area contributed by atoms with Crippen molar-refractivity contribution in [1.82, 2.24) is 4.90 Å². The molecule has 1 aliphatic heterocycles. The standard InChI is InChI=1S/C24H23FN2O3S/c1-26(17-18-11-13-21(25)14-12-18)24(28)20-7-4-9-22(16-20)31(29,30)27-15-5-8-19-6-2-3-10-23(19)27/h2-4,6-7,9-14,16H,5,8,15,17H2,1H3. The first-order valence-electron chi connectivity index (χ1n) is 10.1. The lowest BCUT2D eigenvalue weighted by atomic mass is 10.0. The molecule has 0 bridgehead atoms. The fraction of sp³-hybridized carbons (Fsp3) is 0.208. The van der Waals surface area contributed by atoms with Crippen molar-refractivity contribution in [2.45, 2.75) is 24.3 Å². The molecule has 0 unspecified atom stereocenters. The van der Waals surface area contributed by atoms with Gasteiger partial charge in [0.15, 0.2) is 0 Å². The average molecular weight is 439 g/mol. The minimum Gasteiger partial charge on any atom is -0.337 e. The zero-order valence-corrected chi connectivity index (χ0v) is 18.0. The number of hydrogen-bond donors (Lipinski definition) is 0. The van der Waals surface area contributed by atoms with Crippen molar-refractivity contribution in [2.75, 3.05) is 17.9 Å². The zero-order valence-electron chi connectivity index (χ0n) is 17.2. The first kappa shape index (κ1) is 21.1. The average Bonchev–Trinajstić information content (AvgIpc) is 2.79. The molecule has 0 aliphatic carbocycles. The number of rotatable bonds is 5. The highest BCUT2D eigenvalue weighted by Gasteiger charge is 2.29. The topological polar surface area (TPSA) is 57.7 Å². The molecule has 0 N–H and O–H groups in total. The van der Waals surface area contributed by atoms with Crippen LogP contribution in [-0.4, -0.2) is 32.8 Å². The lowest BCUT2D eigenvalue weighted by Crippen LogP contribution is -2.35. The van der Waals surface area contributed by atoms with E-state index in [1.54, 1.807) is 31.3 Å². The summed E-state index contributed by atoms with van der Waals surface area (Å²) in [7, 11) is -2.17. The van der Waals surface area contributed by atoms with Gasteiger partial charge in [0.25, 0.3) is 15.9 Å². The number of hydrogen-bond acceptors (Lipinski definition) is 3. The van der Waals surface area contributed by atoms with Crippen LogP contribution in [0.25, 0.3) is 0 Å². The van der Waals surface area contributed by atoms with Gasteiger partial charge in [-0.1, -0.05) is 36.4 Å². The molecule has 0 atom stereocenters. The summed E-state index contributed by atoms with van der Waals surface area (Å²) in [6, 6.07) is 19.6. The maximum atomic E-state index is 13.4. The molecular formula is C24H23FN2O3S. The molecule has 0 saturated carbocycles. The van der Waals surface area contributed by atoms with Crippen LogP contribution >= 0.6 is 0 Å². The molecule has 5 nitrogen and oxygen atoms in total. The third-order valence-corrected chi connectivity index (χ3v) is 7.23. The smallest absolute Gasteiger partial charge is 0.264 e. The third-order valence-electron chi connectivity index (χ3n) is 5.42. The van der Waals surface area contributed by atoms with Crippen LogP contribution in [0.4, 0.5) is 10.1 Å². The second-order valence-corrected chi connectivity index (χ2v) is 9.49. The molecule has 0 fully saturated rings. The maximum Gasteiger partial charge on any atom is 0.264 e. The molecule has 3 aromatic rings. The van der Waals surface area contributed by atoms with E-state index in [1.165, 1.54) is 33.5 Å². The number of anilines is 1. The van der Waals surface area contributed by atoms with Gasteiger partial charge in [-0.25, -0.2) is 12.8 Å². The second-order valence-electron chi connectivity index (χ2n) is 7.62. The molecular weight excluding hydrogens is 415 g/mol. The Morgan fingerprint density at radius 2 is 1.77 bits per heavy atom. The molecule has 0 saturated heterocycles. The Labute approximate surface area is 181 Å². The van der Waals surface area contributed by atoms with Crippen LogP contribution < -0.4 is 4.31 Å². The number of sulfonamides is 1. The molecule has 0 spiro atoms. The van der Waals surface area contributed by atoms with Crippen LogP contribution in [0.2, 0.25) is 0 Å². The van der Waals surface area contributed by atoms with Crippen molar-refractivity contribution in [1.29, 1.82) is 0 Å². The van der Waals surface area contributed by atoms with Crippen LogP contribution in [-0.2, 0) is 23.0 Å². The lowest BCUT2D eigenvalue weighted by molar-refractivity contribution is 0.0785. The van der Waals surface area contributed by atoms with E-state index in [2.05, 4.69) is 0 Å². The normalized spacial score (nSPS) is 13.5. The Morgan fingerprint density at radius 1 is 1.03 bits per heavy atom. The van der Waals surface area contributed by atoms with E-state index < -0.39 is 10.0 Å². The second kappa shape index (κ2) is 8.51. The molecule has 160 valence electrons. The minimum absolute atomic E-state index is 0.0882. The highest BCUT2D eigenvalue weighted by atomic mass is 32.2. The van der Waals surface area contributed by atoms with Crippen LogP contribution in [0.1, 0.15) is 27.9 Å². The van der Waals surface area contributed by atoms with Crippen molar-refractivity contribution in [3.8, 4) is 0 Å². The first-order valence-corrected chi connectivity index (χ1v) is 11.5. The van der Waals surface area contributed by atoms with Gasteiger partial charge in [-0.05, 0) is 60.4 Å². The predicted octanol–water partition coefficient (Wildman–Crippen LogP) is 4.24. The van der Waals surface area contributed by atoms with E-state index in [0.29, 0.717) is 12.2 Å². The van der Waals surface area contributed by atoms with Gasteiger partial charge >= 0.3 is 0 Å². The number of para-hydroxylation sites is 1. The molecule has 4 rings (SSSR count). The molecule has 1 aliphatic rings. The summed E-state index contributed by atoms with van der Waals surface area (Å²) in [5.74, 6) is -0.643. The molecule has 3 aromatic carbocycles. The number of benzene rings is 3. The number of fused-ring (bicyclic) bond motifs is 1. The van der Waals surface area contributed by atoms with E-state index in [1.807, 2.05) is 24.3 Å². The highest BCUT2D eigenvalue weighted by Crippen LogP contribution is 2.32. The minimum atomic E-state index is -3.80. The van der Waals surface area contributed by atoms with Crippen molar-refractivity contribution >= 4 is 21.6 Å². The van der Waals surface area contributed by atoms with Gasteiger partial charge in [0.1, 0.15) is 5.82 Å². The monoisotopic (exact) mass is 438 g/mol. The van der Waals surface area contributed by atoms with E-state index in [4.69, 9.17) is 0 Å². The maximum absolute atomic E-state index is 13.4. The Balaban J connectivity index is 1.59.